The summed E-state index contributed by atoms with van der Waals surface area (Å²) in [6, 6.07) is 11.9. The highest BCUT2D eigenvalue weighted by atomic mass is 32.1. The van der Waals surface area contributed by atoms with E-state index in [9.17, 15) is 4.79 Å². The van der Waals surface area contributed by atoms with E-state index in [1.54, 1.807) is 12.1 Å². The van der Waals surface area contributed by atoms with E-state index in [4.69, 9.17) is 17.0 Å². The van der Waals surface area contributed by atoms with Gasteiger partial charge >= 0.3 is 5.97 Å². The second-order valence-corrected chi connectivity index (χ2v) is 7.61. The number of benzene rings is 2. The minimum absolute atomic E-state index is 0.0923. The summed E-state index contributed by atoms with van der Waals surface area (Å²) in [7, 11) is 1.37. The SMILES string of the molecule is COC(=O)c1ccc(C)c(NC(=S)N[C@@H](c2ccc(C)cc2C)C(C)C)c1. The molecule has 0 aliphatic rings. The molecule has 27 heavy (non-hydrogen) atoms. The molecule has 0 saturated carbocycles. The monoisotopic (exact) mass is 384 g/mol. The van der Waals surface area contributed by atoms with Crippen LogP contribution in [0.15, 0.2) is 36.4 Å². The standard InChI is InChI=1S/C22H28N2O2S/c1-13(2)20(18-10-7-14(3)11-16(18)5)24-22(27)23-19-12-17(21(25)26-6)9-8-15(19)4/h7-13,20H,1-6H3,(H2,23,24,27)/t20-/m1/s1. The van der Waals surface area contributed by atoms with Crippen molar-refractivity contribution in [3.63, 3.8) is 0 Å². The first kappa shape index (κ1) is 20.9. The molecule has 2 aromatic carbocycles. The molecule has 2 rings (SSSR count). The first-order valence-electron chi connectivity index (χ1n) is 9.06. The van der Waals surface area contributed by atoms with Crippen LogP contribution in [0.1, 0.15) is 52.5 Å². The maximum atomic E-state index is 11.8. The van der Waals surface area contributed by atoms with E-state index in [0.717, 1.165) is 11.3 Å². The molecule has 2 N–H and O–H groups in total. The highest BCUT2D eigenvalue weighted by molar-refractivity contribution is 7.80. The molecule has 0 aliphatic heterocycles. The summed E-state index contributed by atoms with van der Waals surface area (Å²) in [5, 5.41) is 7.19. The van der Waals surface area contributed by atoms with Crippen molar-refractivity contribution >= 4 is 29.0 Å². The first-order chi connectivity index (χ1) is 12.7. The summed E-state index contributed by atoms with van der Waals surface area (Å²) >= 11 is 5.56. The van der Waals surface area contributed by atoms with Gasteiger partial charge in [-0.25, -0.2) is 4.79 Å². The van der Waals surface area contributed by atoms with Gasteiger partial charge in [0.25, 0.3) is 0 Å². The van der Waals surface area contributed by atoms with E-state index in [-0.39, 0.29) is 12.0 Å². The van der Waals surface area contributed by atoms with Crippen LogP contribution in [0.4, 0.5) is 5.69 Å². The van der Waals surface area contributed by atoms with Gasteiger partial charge in [-0.2, -0.15) is 0 Å². The molecule has 0 heterocycles. The largest absolute Gasteiger partial charge is 0.465 e. The number of thiocarbonyl (C=S) groups is 1. The van der Waals surface area contributed by atoms with Gasteiger partial charge in [0, 0.05) is 5.69 Å². The van der Waals surface area contributed by atoms with Crippen LogP contribution >= 0.6 is 12.2 Å². The summed E-state index contributed by atoms with van der Waals surface area (Å²) in [6.07, 6.45) is 0. The molecule has 0 aromatic heterocycles. The summed E-state index contributed by atoms with van der Waals surface area (Å²) in [6.45, 7) is 10.5. The van der Waals surface area contributed by atoms with Crippen LogP contribution in [0.25, 0.3) is 0 Å². The molecule has 0 amide bonds. The third kappa shape index (κ3) is 5.30. The van der Waals surface area contributed by atoms with Gasteiger partial charge in [-0.3, -0.25) is 0 Å². The molecule has 0 fully saturated rings. The third-order valence-electron chi connectivity index (χ3n) is 4.62. The summed E-state index contributed by atoms with van der Waals surface area (Å²) in [4.78, 5) is 11.8. The molecule has 0 radical (unpaired) electrons. The quantitative estimate of drug-likeness (QED) is 0.556. The smallest absolute Gasteiger partial charge is 0.337 e. The van der Waals surface area contributed by atoms with Crippen LogP contribution in [-0.4, -0.2) is 18.2 Å². The van der Waals surface area contributed by atoms with Gasteiger partial charge in [0.05, 0.1) is 18.7 Å². The van der Waals surface area contributed by atoms with Gasteiger partial charge in [-0.15, -0.1) is 0 Å². The first-order valence-corrected chi connectivity index (χ1v) is 9.47. The fourth-order valence-electron chi connectivity index (χ4n) is 3.08. The van der Waals surface area contributed by atoms with Crippen molar-refractivity contribution < 1.29 is 9.53 Å². The van der Waals surface area contributed by atoms with Crippen LogP contribution in [0.2, 0.25) is 0 Å². The lowest BCUT2D eigenvalue weighted by molar-refractivity contribution is 0.0601. The normalized spacial score (nSPS) is 11.8. The lowest BCUT2D eigenvalue weighted by Gasteiger charge is -2.26. The number of rotatable bonds is 5. The number of methoxy groups -OCH3 is 1. The van der Waals surface area contributed by atoms with E-state index in [0.29, 0.717) is 16.6 Å². The lowest BCUT2D eigenvalue weighted by Crippen LogP contribution is -2.35. The van der Waals surface area contributed by atoms with Gasteiger partial charge in [-0.05, 0) is 67.7 Å². The summed E-state index contributed by atoms with van der Waals surface area (Å²) in [5.41, 5.74) is 6.00. The van der Waals surface area contributed by atoms with E-state index in [1.807, 2.05) is 13.0 Å². The molecule has 4 nitrogen and oxygen atoms in total. The zero-order chi connectivity index (χ0) is 20.1. The van der Waals surface area contributed by atoms with Crippen molar-refractivity contribution in [2.45, 2.75) is 40.7 Å². The fraction of sp³-hybridized carbons (Fsp3) is 0.364. The van der Waals surface area contributed by atoms with Crippen molar-refractivity contribution in [2.75, 3.05) is 12.4 Å². The van der Waals surface area contributed by atoms with E-state index in [1.165, 1.54) is 23.8 Å². The number of aryl methyl sites for hydroxylation is 3. The Balaban J connectivity index is 2.21. The molecule has 0 saturated heterocycles. The van der Waals surface area contributed by atoms with Crippen LogP contribution < -0.4 is 10.6 Å². The Morgan fingerprint density at radius 2 is 1.74 bits per heavy atom. The number of carbonyl (C=O) groups excluding carboxylic acids is 1. The average molecular weight is 385 g/mol. The maximum absolute atomic E-state index is 11.8. The topological polar surface area (TPSA) is 50.4 Å². The zero-order valence-electron chi connectivity index (χ0n) is 16.8. The minimum Gasteiger partial charge on any atom is -0.465 e. The number of ether oxygens (including phenoxy) is 1. The Kier molecular flexibility index (Phi) is 6.97. The lowest BCUT2D eigenvalue weighted by atomic mass is 9.92. The highest BCUT2D eigenvalue weighted by Crippen LogP contribution is 2.26. The molecule has 0 unspecified atom stereocenters. The van der Waals surface area contributed by atoms with Crippen molar-refractivity contribution in [3.05, 3.63) is 64.2 Å². The number of nitrogens with one attached hydrogen (secondary N) is 2. The zero-order valence-corrected chi connectivity index (χ0v) is 17.7. The van der Waals surface area contributed by atoms with E-state index < -0.39 is 0 Å². The molecular formula is C22H28N2O2S. The van der Waals surface area contributed by atoms with Gasteiger partial charge in [-0.1, -0.05) is 43.7 Å². The van der Waals surface area contributed by atoms with Crippen molar-refractivity contribution in [3.8, 4) is 0 Å². The Bertz CT molecular complexity index is 846. The molecule has 1 atom stereocenters. The van der Waals surface area contributed by atoms with Gasteiger partial charge in [0.15, 0.2) is 5.11 Å². The van der Waals surface area contributed by atoms with Crippen LogP contribution in [0, 0.1) is 26.7 Å². The fourth-order valence-corrected chi connectivity index (χ4v) is 3.32. The Hall–Kier alpha value is -2.40. The molecule has 0 aliphatic carbocycles. The molecule has 0 spiro atoms. The highest BCUT2D eigenvalue weighted by Gasteiger charge is 2.19. The second kappa shape index (κ2) is 9.00. The minimum atomic E-state index is -0.368. The van der Waals surface area contributed by atoms with Gasteiger partial charge < -0.3 is 15.4 Å². The Labute approximate surface area is 167 Å². The van der Waals surface area contributed by atoms with Crippen molar-refractivity contribution in [1.82, 2.24) is 5.32 Å². The average Bonchev–Trinajstić information content (AvgIpc) is 2.61. The summed E-state index contributed by atoms with van der Waals surface area (Å²) in [5.74, 6) is -0.0130. The van der Waals surface area contributed by atoms with Crippen LogP contribution in [0.3, 0.4) is 0 Å². The second-order valence-electron chi connectivity index (χ2n) is 7.20. The number of esters is 1. The Morgan fingerprint density at radius 1 is 1.04 bits per heavy atom. The number of hydrogen-bond donors (Lipinski definition) is 2. The van der Waals surface area contributed by atoms with Crippen LogP contribution in [0.5, 0.6) is 0 Å². The molecular weight excluding hydrogens is 356 g/mol. The van der Waals surface area contributed by atoms with Gasteiger partial charge in [0.1, 0.15) is 0 Å². The van der Waals surface area contributed by atoms with Crippen molar-refractivity contribution in [1.29, 1.82) is 0 Å². The van der Waals surface area contributed by atoms with Gasteiger partial charge in [0.2, 0.25) is 0 Å². The van der Waals surface area contributed by atoms with Crippen molar-refractivity contribution in [2.24, 2.45) is 5.92 Å². The maximum Gasteiger partial charge on any atom is 0.337 e. The number of anilines is 1. The van der Waals surface area contributed by atoms with E-state index in [2.05, 4.69) is 56.5 Å². The third-order valence-corrected chi connectivity index (χ3v) is 4.84. The number of hydrogen-bond acceptors (Lipinski definition) is 3. The molecule has 144 valence electrons. The number of carbonyl (C=O) groups is 1. The predicted molar refractivity (Wildman–Crippen MR) is 115 cm³/mol. The molecule has 0 bridgehead atoms. The predicted octanol–water partition coefficient (Wildman–Crippen LogP) is 5.08. The van der Waals surface area contributed by atoms with Crippen LogP contribution in [-0.2, 0) is 4.74 Å². The summed E-state index contributed by atoms with van der Waals surface area (Å²) < 4.78 is 4.80. The van der Waals surface area contributed by atoms with E-state index >= 15 is 0 Å². The Morgan fingerprint density at radius 3 is 2.33 bits per heavy atom. The molecule has 5 heteroatoms. The molecule has 2 aromatic rings.